The van der Waals surface area contributed by atoms with Gasteiger partial charge < -0.3 is 14.2 Å². The number of carbonyl (C=O) groups is 3. The van der Waals surface area contributed by atoms with Crippen molar-refractivity contribution in [3.8, 4) is 0 Å². The summed E-state index contributed by atoms with van der Waals surface area (Å²) < 4.78 is 16.9. The van der Waals surface area contributed by atoms with Gasteiger partial charge in [-0.2, -0.15) is 0 Å². The van der Waals surface area contributed by atoms with Crippen molar-refractivity contribution in [2.24, 2.45) is 0 Å². The summed E-state index contributed by atoms with van der Waals surface area (Å²) in [5.74, 6) is -0.849. The largest absolute Gasteiger partial charge is 0.462 e. The molecule has 0 amide bonds. The molecule has 0 rings (SSSR count). The molecule has 0 saturated carbocycles. The zero-order valence-corrected chi connectivity index (χ0v) is 52.3. The highest BCUT2D eigenvalue weighted by Gasteiger charge is 2.19. The highest BCUT2D eigenvalue weighted by atomic mass is 16.6. The molecule has 0 N–H and O–H groups in total. The van der Waals surface area contributed by atoms with Crippen LogP contribution in [0.3, 0.4) is 0 Å². The minimum atomic E-state index is -0.771. The fraction of sp³-hybridized carbons (Fsp3) is 0.901. The van der Waals surface area contributed by atoms with Crippen LogP contribution in [0.1, 0.15) is 393 Å². The molecule has 454 valence electrons. The molecule has 0 aliphatic rings. The summed E-state index contributed by atoms with van der Waals surface area (Å²) in [5, 5.41) is 0. The van der Waals surface area contributed by atoms with Crippen molar-refractivity contribution in [1.82, 2.24) is 0 Å². The molecule has 6 nitrogen and oxygen atoms in total. The third-order valence-corrected chi connectivity index (χ3v) is 15.9. The average molecular weight is 1080 g/mol. The molecule has 0 saturated heterocycles. The number of rotatable bonds is 65. The molecule has 0 aliphatic carbocycles. The molecule has 1 atom stereocenters. The van der Waals surface area contributed by atoms with Crippen LogP contribution in [-0.2, 0) is 28.6 Å². The molecule has 0 spiro atoms. The normalized spacial score (nSPS) is 12.1. The van der Waals surface area contributed by atoms with Crippen molar-refractivity contribution in [2.75, 3.05) is 13.2 Å². The fourth-order valence-corrected chi connectivity index (χ4v) is 10.7. The molecule has 0 heterocycles. The molecule has 0 aromatic heterocycles. The van der Waals surface area contributed by atoms with Gasteiger partial charge in [0.1, 0.15) is 13.2 Å². The number of allylic oxidation sites excluding steroid dienone is 4. The summed E-state index contributed by atoms with van der Waals surface area (Å²) >= 11 is 0. The maximum Gasteiger partial charge on any atom is 0.306 e. The molecule has 0 bridgehead atoms. The van der Waals surface area contributed by atoms with Crippen LogP contribution in [0.2, 0.25) is 0 Å². The summed E-state index contributed by atoms with van der Waals surface area (Å²) in [7, 11) is 0. The van der Waals surface area contributed by atoms with Crippen molar-refractivity contribution in [2.45, 2.75) is 399 Å². The maximum atomic E-state index is 12.9. The second-order valence-corrected chi connectivity index (χ2v) is 23.8. The molecule has 77 heavy (non-hydrogen) atoms. The monoisotopic (exact) mass is 1080 g/mol. The molecular formula is C71H134O6. The van der Waals surface area contributed by atoms with E-state index in [1.165, 1.54) is 289 Å². The molecular weight excluding hydrogens is 949 g/mol. The average Bonchev–Trinajstić information content (AvgIpc) is 3.43. The van der Waals surface area contributed by atoms with Gasteiger partial charge in [0.15, 0.2) is 6.10 Å². The zero-order valence-electron chi connectivity index (χ0n) is 52.3. The summed E-state index contributed by atoms with van der Waals surface area (Å²) in [4.78, 5) is 38.3. The van der Waals surface area contributed by atoms with Crippen LogP contribution < -0.4 is 0 Å². The third-order valence-electron chi connectivity index (χ3n) is 15.9. The molecule has 0 aromatic rings. The van der Waals surface area contributed by atoms with E-state index in [4.69, 9.17) is 14.2 Å². The first-order valence-corrected chi connectivity index (χ1v) is 34.8. The molecule has 0 aliphatic heterocycles. The van der Waals surface area contributed by atoms with Crippen molar-refractivity contribution in [3.63, 3.8) is 0 Å². The number of esters is 3. The van der Waals surface area contributed by atoms with Crippen molar-refractivity contribution in [1.29, 1.82) is 0 Å². The number of hydrogen-bond acceptors (Lipinski definition) is 6. The lowest BCUT2D eigenvalue weighted by atomic mass is 10.0. The van der Waals surface area contributed by atoms with Gasteiger partial charge in [0.25, 0.3) is 0 Å². The van der Waals surface area contributed by atoms with E-state index >= 15 is 0 Å². The Morgan fingerprint density at radius 3 is 0.688 bits per heavy atom. The van der Waals surface area contributed by atoms with E-state index < -0.39 is 6.10 Å². The lowest BCUT2D eigenvalue weighted by Gasteiger charge is -2.18. The minimum absolute atomic E-state index is 0.0678. The van der Waals surface area contributed by atoms with Gasteiger partial charge in [-0.1, -0.05) is 334 Å². The third kappa shape index (κ3) is 64.6. The van der Waals surface area contributed by atoms with E-state index in [1.54, 1.807) is 0 Å². The van der Waals surface area contributed by atoms with Gasteiger partial charge >= 0.3 is 17.9 Å². The van der Waals surface area contributed by atoms with Crippen molar-refractivity contribution < 1.29 is 28.6 Å². The van der Waals surface area contributed by atoms with Crippen LogP contribution >= 0.6 is 0 Å². The SMILES string of the molecule is CCCC/C=C\CCCCCCCC(=O)OCC(COC(=O)CCCCCCCCCCCCCCCCCCC/C=C\CCCCCCCCCC)OC(=O)CCCCCCCCCCCCCCCCCCCCC. The van der Waals surface area contributed by atoms with E-state index in [9.17, 15) is 14.4 Å². The second-order valence-electron chi connectivity index (χ2n) is 23.8. The van der Waals surface area contributed by atoms with E-state index in [0.717, 1.165) is 64.2 Å². The zero-order chi connectivity index (χ0) is 55.7. The van der Waals surface area contributed by atoms with E-state index in [-0.39, 0.29) is 31.1 Å². The molecule has 0 fully saturated rings. The molecule has 0 radical (unpaired) electrons. The van der Waals surface area contributed by atoms with Gasteiger partial charge in [-0.25, -0.2) is 0 Å². The lowest BCUT2D eigenvalue weighted by Crippen LogP contribution is -2.30. The van der Waals surface area contributed by atoms with Crippen molar-refractivity contribution in [3.05, 3.63) is 24.3 Å². The lowest BCUT2D eigenvalue weighted by molar-refractivity contribution is -0.167. The number of hydrogen-bond donors (Lipinski definition) is 0. The fourth-order valence-electron chi connectivity index (χ4n) is 10.7. The Kier molecular flexibility index (Phi) is 64.6. The standard InChI is InChI=1S/C71H134O6/c1-4-7-10-13-16-19-22-24-26-28-30-31-32-33-34-35-36-37-38-39-41-42-44-46-49-52-55-58-61-64-70(73)76-67-68(66-75-69(72)63-60-57-54-51-48-21-18-15-12-9-6-3)77-71(74)65-62-59-56-53-50-47-45-43-40-29-27-25-23-20-17-14-11-8-5-2/h15,18,28,30,68H,4-14,16-17,19-27,29,31-67H2,1-3H3/b18-15-,30-28-. The van der Waals surface area contributed by atoms with Crippen LogP contribution in [-0.4, -0.2) is 37.2 Å². The smallest absolute Gasteiger partial charge is 0.306 e. The Balaban J connectivity index is 4.12. The summed E-state index contributed by atoms with van der Waals surface area (Å²) in [5.41, 5.74) is 0. The van der Waals surface area contributed by atoms with Gasteiger partial charge in [0.2, 0.25) is 0 Å². The van der Waals surface area contributed by atoms with Gasteiger partial charge in [0.05, 0.1) is 0 Å². The van der Waals surface area contributed by atoms with Crippen molar-refractivity contribution >= 4 is 17.9 Å². The Bertz CT molecular complexity index is 1240. The number of ether oxygens (including phenoxy) is 3. The predicted molar refractivity (Wildman–Crippen MR) is 335 cm³/mol. The minimum Gasteiger partial charge on any atom is -0.462 e. The second kappa shape index (κ2) is 66.4. The van der Waals surface area contributed by atoms with Crippen LogP contribution in [0.15, 0.2) is 24.3 Å². The molecule has 0 aromatic carbocycles. The quantitative estimate of drug-likeness (QED) is 0.0261. The Morgan fingerprint density at radius 2 is 0.442 bits per heavy atom. The van der Waals surface area contributed by atoms with Gasteiger partial charge in [-0.15, -0.1) is 0 Å². The van der Waals surface area contributed by atoms with E-state index in [0.29, 0.717) is 19.3 Å². The van der Waals surface area contributed by atoms with E-state index in [1.807, 2.05) is 0 Å². The van der Waals surface area contributed by atoms with Gasteiger partial charge in [-0.3, -0.25) is 14.4 Å². The number of unbranched alkanes of at least 4 members (excludes halogenated alkanes) is 50. The highest BCUT2D eigenvalue weighted by molar-refractivity contribution is 5.71. The van der Waals surface area contributed by atoms with Crippen LogP contribution in [0.4, 0.5) is 0 Å². The first-order chi connectivity index (χ1) is 38.0. The predicted octanol–water partition coefficient (Wildman–Crippen LogP) is 23.8. The Hall–Kier alpha value is -2.11. The van der Waals surface area contributed by atoms with Crippen LogP contribution in [0.25, 0.3) is 0 Å². The Morgan fingerprint density at radius 1 is 0.247 bits per heavy atom. The van der Waals surface area contributed by atoms with E-state index in [2.05, 4.69) is 45.1 Å². The van der Waals surface area contributed by atoms with Gasteiger partial charge in [-0.05, 0) is 64.2 Å². The maximum absolute atomic E-state index is 12.9. The molecule has 6 heteroatoms. The Labute approximate surface area is 481 Å². The first kappa shape index (κ1) is 74.9. The van der Waals surface area contributed by atoms with Crippen LogP contribution in [0.5, 0.6) is 0 Å². The van der Waals surface area contributed by atoms with Crippen LogP contribution in [0, 0.1) is 0 Å². The topological polar surface area (TPSA) is 78.9 Å². The highest BCUT2D eigenvalue weighted by Crippen LogP contribution is 2.19. The van der Waals surface area contributed by atoms with Gasteiger partial charge in [0, 0.05) is 19.3 Å². The summed E-state index contributed by atoms with van der Waals surface area (Å²) in [6, 6.07) is 0. The molecule has 1 unspecified atom stereocenters. The number of carbonyl (C=O) groups excluding carboxylic acids is 3. The first-order valence-electron chi connectivity index (χ1n) is 34.8. The summed E-state index contributed by atoms with van der Waals surface area (Å²) in [6.45, 7) is 6.67. The summed E-state index contributed by atoms with van der Waals surface area (Å²) in [6.07, 6.45) is 80.8.